The molecule has 0 saturated heterocycles. The molecule has 0 amide bonds. The average Bonchev–Trinajstić information content (AvgIpc) is 0.821. The molecular formula is C134H126N14. The Morgan fingerprint density at radius 3 is 0.709 bits per heavy atom. The van der Waals surface area contributed by atoms with E-state index in [2.05, 4.69) is 358 Å². The number of hydrogen-bond donors (Lipinski definition) is 0. The van der Waals surface area contributed by atoms with Gasteiger partial charge in [-0.2, -0.15) is 0 Å². The summed E-state index contributed by atoms with van der Waals surface area (Å²) in [6.07, 6.45) is 0. The Balaban J connectivity index is 0.000000122. The Kier molecular flexibility index (Phi) is 31.2. The quantitative estimate of drug-likeness (QED) is 0.113. The van der Waals surface area contributed by atoms with Gasteiger partial charge >= 0.3 is 0 Å². The Labute approximate surface area is 871 Å². The molecule has 0 unspecified atom stereocenters. The van der Waals surface area contributed by atoms with Crippen molar-refractivity contribution in [3.63, 3.8) is 0 Å². The van der Waals surface area contributed by atoms with Gasteiger partial charge in [0.25, 0.3) is 0 Å². The Morgan fingerprint density at radius 2 is 0.372 bits per heavy atom. The third kappa shape index (κ3) is 25.8. The van der Waals surface area contributed by atoms with E-state index in [4.69, 9.17) is 54.8 Å². The summed E-state index contributed by atoms with van der Waals surface area (Å²) in [5.41, 5.74) is 24.2. The fourth-order valence-electron chi connectivity index (χ4n) is 16.7. The van der Waals surface area contributed by atoms with Crippen molar-refractivity contribution in [3.05, 3.63) is 471 Å². The van der Waals surface area contributed by atoms with E-state index in [0.717, 1.165) is 163 Å². The number of hydrogen-bond acceptors (Lipinski definition) is 14. The van der Waals surface area contributed by atoms with Crippen molar-refractivity contribution < 1.29 is 0 Å². The largest absolute Gasteiger partial charge is 0.232 e. The summed E-state index contributed by atoms with van der Waals surface area (Å²) >= 11 is 0. The third-order valence-corrected chi connectivity index (χ3v) is 25.1. The maximum atomic E-state index is 4.94. The van der Waals surface area contributed by atoms with Crippen LogP contribution >= 0.6 is 0 Å². The van der Waals surface area contributed by atoms with Gasteiger partial charge in [-0.15, -0.1) is 0 Å². The molecule has 6 aromatic heterocycles. The third-order valence-electron chi connectivity index (χ3n) is 25.1. The molecule has 6 heterocycles. The zero-order valence-corrected chi connectivity index (χ0v) is 87.8. The van der Waals surface area contributed by atoms with Crippen LogP contribution in [-0.2, 0) is 32.5 Å². The van der Waals surface area contributed by atoms with Crippen LogP contribution in [0, 0.1) is 0 Å². The minimum absolute atomic E-state index is 0.0619. The Morgan fingerprint density at radius 1 is 0.135 bits per heavy atom. The SMILES string of the molecule is CC(C)(C)c1cccc(-c2nc(-c3ccccc3)cc(-c3ccccc3)n2)c1.CC(C)(C)c1cccc(-c2nc(-c3ccccc3)nc(-c3ccccc3)n2)c1.CC(C)(C)c1nc(-c2ccc(-c3ccccc3)cc2)c2ccccc2n1.CC(C)(C)c1nc(-c2ccc3ccccc3c2)c2ccccc2n1.CC(C)(C)c1nc(-c2ccccc2)c2ccccc2n1.CC(C)(C)c1nc(-c2ccccc2)nc(-c2ccccc2)n1. The summed E-state index contributed by atoms with van der Waals surface area (Å²) in [7, 11) is 0. The zero-order valence-electron chi connectivity index (χ0n) is 87.8. The van der Waals surface area contributed by atoms with Gasteiger partial charge in [0.2, 0.25) is 0 Å². The molecule has 732 valence electrons. The van der Waals surface area contributed by atoms with Gasteiger partial charge in [-0.25, -0.2) is 69.8 Å². The standard InChI is InChI=1S/C26H24N2.C25H23N3.C24H22N2.C22H20N2.C19H19N3.C18H18N2/c1-26(2,3)22-16-10-15-21(17-22)25-27-23(19-11-6-4-7-12-19)18-24(28-25)20-13-8-5-9-14-20;1-25(2,3)21-16-10-15-20(17-21)24-27-22(18-11-6-4-7-12-18)26-23(28-24)19-13-8-5-9-14-19;1-24(2,3)23-25-21-12-8-7-11-20(21)22(26-23)19-15-13-18(14-16-19)17-9-5-4-6-10-17;1-22(2,3)21-23-19-11-7-6-10-18(19)20(24-21)17-13-12-15-8-4-5-9-16(15)14-17;1-19(2,3)18-21-16(14-10-6-4-7-11-14)20-17(22-18)15-12-8-5-9-13-15;1-18(2,3)17-19-15-12-8-7-11-14(15)16(20-17)13-9-5-4-6-10-13/h4-18H,1-3H3;4-17H,1-3H3;4-16H,1-3H3;4-14H,1-3H3;4-13H,1-3H3;4-12H,1-3H3. The van der Waals surface area contributed by atoms with Crippen LogP contribution in [0.2, 0.25) is 0 Å². The highest BCUT2D eigenvalue weighted by Crippen LogP contribution is 2.39. The molecule has 0 aliphatic carbocycles. The van der Waals surface area contributed by atoms with Crippen molar-refractivity contribution >= 4 is 43.5 Å². The van der Waals surface area contributed by atoms with E-state index >= 15 is 0 Å². The van der Waals surface area contributed by atoms with Crippen LogP contribution in [0.3, 0.4) is 0 Å². The summed E-state index contributed by atoms with van der Waals surface area (Å²) in [4.78, 5) is 67.2. The van der Waals surface area contributed by atoms with Crippen molar-refractivity contribution in [1.82, 2.24) is 69.8 Å². The van der Waals surface area contributed by atoms with E-state index in [0.29, 0.717) is 17.5 Å². The van der Waals surface area contributed by atoms with Crippen LogP contribution in [0.5, 0.6) is 0 Å². The number of nitrogens with zero attached hydrogens (tertiary/aromatic N) is 14. The lowest BCUT2D eigenvalue weighted by molar-refractivity contribution is 0.543. The molecule has 16 aromatic carbocycles. The van der Waals surface area contributed by atoms with E-state index < -0.39 is 0 Å². The molecule has 14 heteroatoms. The number of aromatic nitrogens is 14. The molecule has 22 rings (SSSR count). The molecule has 0 aliphatic rings. The van der Waals surface area contributed by atoms with Crippen LogP contribution in [0.4, 0.5) is 0 Å². The Bertz CT molecular complexity index is 7910. The van der Waals surface area contributed by atoms with Gasteiger partial charge in [0.15, 0.2) is 34.9 Å². The minimum atomic E-state index is -0.129. The van der Waals surface area contributed by atoms with Gasteiger partial charge in [-0.3, -0.25) is 0 Å². The molecule has 0 N–H and O–H groups in total. The van der Waals surface area contributed by atoms with Crippen molar-refractivity contribution in [1.29, 1.82) is 0 Å². The fraction of sp³-hybridized carbons (Fsp3) is 0.179. The molecule has 0 fully saturated rings. The van der Waals surface area contributed by atoms with Gasteiger partial charge in [0, 0.05) is 99.0 Å². The van der Waals surface area contributed by atoms with Crippen molar-refractivity contribution in [3.8, 4) is 136 Å². The lowest BCUT2D eigenvalue weighted by Gasteiger charge is -2.19. The highest BCUT2D eigenvalue weighted by molar-refractivity contribution is 5.97. The molecule has 22 aromatic rings. The summed E-state index contributed by atoms with van der Waals surface area (Å²) in [6.45, 7) is 39.0. The first kappa shape index (κ1) is 102. The van der Waals surface area contributed by atoms with Crippen LogP contribution in [-0.4, -0.2) is 69.8 Å². The van der Waals surface area contributed by atoms with Gasteiger partial charge in [0.1, 0.15) is 23.3 Å². The van der Waals surface area contributed by atoms with Crippen molar-refractivity contribution in [2.45, 2.75) is 157 Å². The second-order valence-corrected chi connectivity index (χ2v) is 43.0. The summed E-state index contributed by atoms with van der Waals surface area (Å²) in [5, 5.41) is 5.77. The number of rotatable bonds is 12. The lowest BCUT2D eigenvalue weighted by atomic mass is 9.86. The maximum Gasteiger partial charge on any atom is 0.164 e. The maximum absolute atomic E-state index is 4.94. The predicted octanol–water partition coefficient (Wildman–Crippen LogP) is 34.1. The number of fused-ring (bicyclic) bond motifs is 4. The number of para-hydroxylation sites is 3. The molecule has 0 radical (unpaired) electrons. The highest BCUT2D eigenvalue weighted by atomic mass is 15.1. The molecule has 0 atom stereocenters. The zero-order chi connectivity index (χ0) is 104. The van der Waals surface area contributed by atoms with Crippen LogP contribution < -0.4 is 0 Å². The highest BCUT2D eigenvalue weighted by Gasteiger charge is 2.27. The van der Waals surface area contributed by atoms with Gasteiger partial charge in [-0.05, 0) is 86.3 Å². The smallest absolute Gasteiger partial charge is 0.164 e. The van der Waals surface area contributed by atoms with Gasteiger partial charge < -0.3 is 0 Å². The Hall–Kier alpha value is -17.1. The van der Waals surface area contributed by atoms with E-state index in [1.165, 1.54) is 33.0 Å². The normalized spacial score (nSPS) is 11.6. The first-order valence-electron chi connectivity index (χ1n) is 50.6. The number of benzene rings is 16. The van der Waals surface area contributed by atoms with Gasteiger partial charge in [-0.1, -0.05) is 519 Å². The second kappa shape index (κ2) is 45.0. The molecule has 0 saturated carbocycles. The van der Waals surface area contributed by atoms with E-state index in [-0.39, 0.29) is 32.5 Å². The molecular weight excluding hydrogens is 1810 g/mol. The van der Waals surface area contributed by atoms with E-state index in [9.17, 15) is 0 Å². The van der Waals surface area contributed by atoms with Crippen LogP contribution in [0.1, 0.15) is 159 Å². The van der Waals surface area contributed by atoms with Crippen molar-refractivity contribution in [2.75, 3.05) is 0 Å². The monoisotopic (exact) mass is 1930 g/mol. The first-order chi connectivity index (χ1) is 71.1. The van der Waals surface area contributed by atoms with Crippen molar-refractivity contribution in [2.24, 2.45) is 0 Å². The topological polar surface area (TPSA) is 180 Å². The van der Waals surface area contributed by atoms with Crippen LogP contribution in [0.25, 0.3) is 179 Å². The molecule has 14 nitrogen and oxygen atoms in total. The molecule has 0 spiro atoms. The summed E-state index contributed by atoms with van der Waals surface area (Å²) in [5.74, 6) is 7.71. The van der Waals surface area contributed by atoms with E-state index in [1.807, 2.05) is 218 Å². The molecule has 148 heavy (non-hydrogen) atoms. The predicted molar refractivity (Wildman–Crippen MR) is 615 cm³/mol. The lowest BCUT2D eigenvalue weighted by Crippen LogP contribution is -2.18. The van der Waals surface area contributed by atoms with Crippen LogP contribution in [0.15, 0.2) is 437 Å². The van der Waals surface area contributed by atoms with E-state index in [1.54, 1.807) is 0 Å². The molecule has 0 bridgehead atoms. The summed E-state index contributed by atoms with van der Waals surface area (Å²) < 4.78 is 0. The average molecular weight is 1930 g/mol. The second-order valence-electron chi connectivity index (χ2n) is 43.0. The molecule has 0 aliphatic heterocycles. The fourth-order valence-corrected chi connectivity index (χ4v) is 16.7. The minimum Gasteiger partial charge on any atom is -0.232 e. The first-order valence-corrected chi connectivity index (χ1v) is 50.6. The van der Waals surface area contributed by atoms with Gasteiger partial charge in [0.05, 0.1) is 45.0 Å². The summed E-state index contributed by atoms with van der Waals surface area (Å²) in [6, 6.07) is 149.